The fourth-order valence-electron chi connectivity index (χ4n) is 3.62. The molecule has 26 heavy (non-hydrogen) atoms. The highest BCUT2D eigenvalue weighted by Crippen LogP contribution is 2.22. The molecule has 142 valence electrons. The van der Waals surface area contributed by atoms with Crippen LogP contribution >= 0.6 is 0 Å². The number of ether oxygens (including phenoxy) is 2. The highest BCUT2D eigenvalue weighted by Gasteiger charge is 2.27. The van der Waals surface area contributed by atoms with E-state index in [1.807, 2.05) is 29.2 Å². The van der Waals surface area contributed by atoms with Gasteiger partial charge in [0, 0.05) is 38.0 Å². The van der Waals surface area contributed by atoms with E-state index in [0.717, 1.165) is 43.7 Å². The average molecular weight is 360 g/mol. The number of nitrogens with zero attached hydrogens (tertiary/aromatic N) is 2. The van der Waals surface area contributed by atoms with Crippen molar-refractivity contribution in [2.75, 3.05) is 39.9 Å². The molecule has 2 aliphatic rings. The van der Waals surface area contributed by atoms with Crippen molar-refractivity contribution in [1.29, 1.82) is 0 Å². The van der Waals surface area contributed by atoms with Gasteiger partial charge in [-0.3, -0.25) is 9.59 Å². The van der Waals surface area contributed by atoms with Crippen LogP contribution in [0.2, 0.25) is 0 Å². The Bertz CT molecular complexity index is 634. The second kappa shape index (κ2) is 8.92. The van der Waals surface area contributed by atoms with Crippen molar-refractivity contribution in [3.63, 3.8) is 0 Å². The number of methoxy groups -OCH3 is 1. The molecule has 1 atom stereocenters. The first-order valence-electron chi connectivity index (χ1n) is 9.48. The van der Waals surface area contributed by atoms with E-state index in [2.05, 4.69) is 0 Å². The lowest BCUT2D eigenvalue weighted by Gasteiger charge is -2.35. The summed E-state index contributed by atoms with van der Waals surface area (Å²) >= 11 is 0. The number of rotatable bonds is 6. The van der Waals surface area contributed by atoms with Crippen LogP contribution in [-0.2, 0) is 9.59 Å². The quantitative estimate of drug-likeness (QED) is 0.781. The molecule has 6 heteroatoms. The van der Waals surface area contributed by atoms with Crippen LogP contribution in [0.1, 0.15) is 32.1 Å². The minimum absolute atomic E-state index is 0.0614. The lowest BCUT2D eigenvalue weighted by Crippen LogP contribution is -2.48. The van der Waals surface area contributed by atoms with E-state index < -0.39 is 0 Å². The van der Waals surface area contributed by atoms with Crippen molar-refractivity contribution in [3.05, 3.63) is 24.3 Å². The SMILES string of the molecule is COc1cccc(OC[C@@H]2CCCN(C(=O)CN3CCCCC3=O)C2)c1. The van der Waals surface area contributed by atoms with E-state index >= 15 is 0 Å². The Kier molecular flexibility index (Phi) is 6.36. The van der Waals surface area contributed by atoms with E-state index in [1.54, 1.807) is 12.0 Å². The van der Waals surface area contributed by atoms with Crippen molar-refractivity contribution < 1.29 is 19.1 Å². The first-order chi connectivity index (χ1) is 12.7. The van der Waals surface area contributed by atoms with Crippen molar-refractivity contribution >= 4 is 11.8 Å². The smallest absolute Gasteiger partial charge is 0.242 e. The predicted molar refractivity (Wildman–Crippen MR) is 98.2 cm³/mol. The molecule has 0 radical (unpaired) electrons. The molecule has 2 heterocycles. The van der Waals surface area contributed by atoms with Crippen LogP contribution in [0.4, 0.5) is 0 Å². The molecule has 2 amide bonds. The number of carbonyl (C=O) groups is 2. The zero-order chi connectivity index (χ0) is 18.4. The lowest BCUT2D eigenvalue weighted by atomic mass is 9.99. The molecule has 0 aromatic heterocycles. The van der Waals surface area contributed by atoms with Gasteiger partial charge >= 0.3 is 0 Å². The fraction of sp³-hybridized carbons (Fsp3) is 0.600. The zero-order valence-corrected chi connectivity index (χ0v) is 15.5. The van der Waals surface area contributed by atoms with Gasteiger partial charge in [0.1, 0.15) is 11.5 Å². The van der Waals surface area contributed by atoms with Gasteiger partial charge in [-0.15, -0.1) is 0 Å². The third-order valence-corrected chi connectivity index (χ3v) is 5.15. The van der Waals surface area contributed by atoms with Gasteiger partial charge < -0.3 is 19.3 Å². The Labute approximate surface area is 155 Å². The van der Waals surface area contributed by atoms with Gasteiger partial charge in [0.25, 0.3) is 0 Å². The van der Waals surface area contributed by atoms with Gasteiger partial charge in [-0.05, 0) is 37.8 Å². The maximum absolute atomic E-state index is 12.6. The summed E-state index contributed by atoms with van der Waals surface area (Å²) < 4.78 is 11.1. The minimum Gasteiger partial charge on any atom is -0.497 e. The molecule has 0 saturated carbocycles. The Morgan fingerprint density at radius 3 is 2.85 bits per heavy atom. The lowest BCUT2D eigenvalue weighted by molar-refractivity contribution is -0.143. The number of hydrogen-bond donors (Lipinski definition) is 0. The standard InChI is InChI=1S/C20H28N2O4/c1-25-17-7-4-8-18(12-17)26-15-16-6-5-11-21(13-16)20(24)14-22-10-3-2-9-19(22)23/h4,7-8,12,16H,2-3,5-6,9-11,13-15H2,1H3/t16-/m1/s1. The fourth-order valence-corrected chi connectivity index (χ4v) is 3.62. The molecule has 0 N–H and O–H groups in total. The van der Waals surface area contributed by atoms with E-state index in [-0.39, 0.29) is 18.4 Å². The molecular weight excluding hydrogens is 332 g/mol. The molecule has 6 nitrogen and oxygen atoms in total. The molecular formula is C20H28N2O4. The third-order valence-electron chi connectivity index (χ3n) is 5.15. The topological polar surface area (TPSA) is 59.1 Å². The highest BCUT2D eigenvalue weighted by molar-refractivity contribution is 5.85. The molecule has 2 fully saturated rings. The van der Waals surface area contributed by atoms with Crippen molar-refractivity contribution in [3.8, 4) is 11.5 Å². The molecule has 0 bridgehead atoms. The second-order valence-electron chi connectivity index (χ2n) is 7.11. The summed E-state index contributed by atoms with van der Waals surface area (Å²) in [6.07, 6.45) is 4.54. The first kappa shape index (κ1) is 18.5. The van der Waals surface area contributed by atoms with Crippen molar-refractivity contribution in [1.82, 2.24) is 9.80 Å². The third kappa shape index (κ3) is 4.90. The average Bonchev–Trinajstić information content (AvgIpc) is 2.68. The van der Waals surface area contributed by atoms with Crippen molar-refractivity contribution in [2.45, 2.75) is 32.1 Å². The van der Waals surface area contributed by atoms with Crippen LogP contribution in [0.5, 0.6) is 11.5 Å². The van der Waals surface area contributed by atoms with Crippen molar-refractivity contribution in [2.24, 2.45) is 5.92 Å². The van der Waals surface area contributed by atoms with Gasteiger partial charge in [-0.25, -0.2) is 0 Å². The normalized spacial score (nSPS) is 20.8. The summed E-state index contributed by atoms with van der Waals surface area (Å²) in [4.78, 5) is 28.1. The number of benzene rings is 1. The van der Waals surface area contributed by atoms with E-state index in [1.165, 1.54) is 0 Å². The maximum Gasteiger partial charge on any atom is 0.242 e. The van der Waals surface area contributed by atoms with Gasteiger partial charge in [0.05, 0.1) is 20.3 Å². The molecule has 2 saturated heterocycles. The summed E-state index contributed by atoms with van der Waals surface area (Å²) in [6, 6.07) is 7.57. The molecule has 3 rings (SSSR count). The summed E-state index contributed by atoms with van der Waals surface area (Å²) in [5.74, 6) is 2.04. The Morgan fingerprint density at radius 1 is 1.19 bits per heavy atom. The van der Waals surface area contributed by atoms with E-state index in [4.69, 9.17) is 9.47 Å². The second-order valence-corrected chi connectivity index (χ2v) is 7.11. The number of amides is 2. The van der Waals surface area contributed by atoms with Crippen LogP contribution in [0.3, 0.4) is 0 Å². The molecule has 1 aromatic rings. The van der Waals surface area contributed by atoms with E-state index in [0.29, 0.717) is 32.0 Å². The van der Waals surface area contributed by atoms with Crippen LogP contribution < -0.4 is 9.47 Å². The predicted octanol–water partition coefficient (Wildman–Crippen LogP) is 2.33. The Balaban J connectivity index is 1.48. The summed E-state index contributed by atoms with van der Waals surface area (Å²) in [5, 5.41) is 0. The number of carbonyl (C=O) groups excluding carboxylic acids is 2. The number of hydrogen-bond acceptors (Lipinski definition) is 4. The van der Waals surface area contributed by atoms with Gasteiger partial charge in [-0.2, -0.15) is 0 Å². The number of likely N-dealkylation sites (tertiary alicyclic amines) is 2. The van der Waals surface area contributed by atoms with Gasteiger partial charge in [-0.1, -0.05) is 6.07 Å². The minimum atomic E-state index is 0.0614. The number of piperidine rings is 2. The molecule has 0 unspecified atom stereocenters. The highest BCUT2D eigenvalue weighted by atomic mass is 16.5. The van der Waals surface area contributed by atoms with E-state index in [9.17, 15) is 9.59 Å². The van der Waals surface area contributed by atoms with Crippen LogP contribution in [0, 0.1) is 5.92 Å². The zero-order valence-electron chi connectivity index (χ0n) is 15.5. The van der Waals surface area contributed by atoms with Crippen LogP contribution in [0.25, 0.3) is 0 Å². The summed E-state index contributed by atoms with van der Waals surface area (Å²) in [6.45, 7) is 2.99. The first-order valence-corrected chi connectivity index (χ1v) is 9.48. The maximum atomic E-state index is 12.6. The molecule has 0 spiro atoms. The summed E-state index contributed by atoms with van der Waals surface area (Å²) in [5.41, 5.74) is 0. The molecule has 0 aliphatic carbocycles. The van der Waals surface area contributed by atoms with Crippen LogP contribution in [0.15, 0.2) is 24.3 Å². The molecule has 2 aliphatic heterocycles. The monoisotopic (exact) mass is 360 g/mol. The Hall–Kier alpha value is -2.24. The Morgan fingerprint density at radius 2 is 2.04 bits per heavy atom. The summed E-state index contributed by atoms with van der Waals surface area (Å²) in [7, 11) is 1.64. The van der Waals surface area contributed by atoms with Crippen LogP contribution in [-0.4, -0.2) is 61.5 Å². The molecule has 1 aromatic carbocycles. The largest absolute Gasteiger partial charge is 0.497 e. The van der Waals surface area contributed by atoms with Gasteiger partial charge in [0.15, 0.2) is 0 Å². The van der Waals surface area contributed by atoms with Gasteiger partial charge in [0.2, 0.25) is 11.8 Å².